The monoisotopic (exact) mass is 738 g/mol. The van der Waals surface area contributed by atoms with Crippen molar-refractivity contribution in [2.75, 3.05) is 33.7 Å². The van der Waals surface area contributed by atoms with Gasteiger partial charge >= 0.3 is 0 Å². The van der Waals surface area contributed by atoms with E-state index in [9.17, 15) is 20.1 Å². The number of rotatable bonds is 16. The van der Waals surface area contributed by atoms with E-state index >= 15 is 0 Å². The van der Waals surface area contributed by atoms with Crippen LogP contribution in [0.15, 0.2) is 96.2 Å². The highest BCUT2D eigenvalue weighted by molar-refractivity contribution is 6.03. The molecule has 0 radical (unpaired) electrons. The average molecular weight is 739 g/mol. The number of phenols is 1. The number of carbonyl (C=O) groups is 1. The van der Waals surface area contributed by atoms with Crippen molar-refractivity contribution >= 4 is 11.6 Å². The second-order valence-corrected chi connectivity index (χ2v) is 14.5. The number of ether oxygens (including phenoxy) is 4. The van der Waals surface area contributed by atoms with Crippen LogP contribution in [0.5, 0.6) is 23.0 Å². The summed E-state index contributed by atoms with van der Waals surface area (Å²) in [5.41, 5.74) is 3.88. The zero-order chi connectivity index (χ0) is 37.7. The van der Waals surface area contributed by atoms with Crippen molar-refractivity contribution in [1.82, 2.24) is 4.90 Å². The van der Waals surface area contributed by atoms with E-state index in [4.69, 9.17) is 28.9 Å². The Balaban J connectivity index is 1.39. The van der Waals surface area contributed by atoms with Gasteiger partial charge in [-0.05, 0) is 85.1 Å². The molecule has 3 N–H and O–H groups in total. The molecule has 2 aliphatic heterocycles. The van der Waals surface area contributed by atoms with Crippen molar-refractivity contribution in [2.24, 2.45) is 22.9 Å². The molecule has 6 unspecified atom stereocenters. The molecule has 1 amide bonds. The van der Waals surface area contributed by atoms with E-state index in [1.54, 1.807) is 54.4 Å². The highest BCUT2D eigenvalue weighted by atomic mass is 16.7. The minimum atomic E-state index is -1.39. The summed E-state index contributed by atoms with van der Waals surface area (Å²) in [6.45, 7) is 4.68. The van der Waals surface area contributed by atoms with Crippen LogP contribution in [0.3, 0.4) is 0 Å². The van der Waals surface area contributed by atoms with E-state index in [1.165, 1.54) is 0 Å². The van der Waals surface area contributed by atoms with E-state index in [-0.39, 0.29) is 69.1 Å². The maximum absolute atomic E-state index is 14.5. The minimum Gasteiger partial charge on any atom is -0.508 e. The van der Waals surface area contributed by atoms with Crippen LogP contribution >= 0.6 is 0 Å². The minimum absolute atomic E-state index is 0.0558. The number of fused-ring (bicyclic) bond motifs is 3. The third-order valence-electron chi connectivity index (χ3n) is 11.3. The lowest BCUT2D eigenvalue weighted by Gasteiger charge is -2.59. The van der Waals surface area contributed by atoms with Crippen LogP contribution in [0.2, 0.25) is 0 Å². The van der Waals surface area contributed by atoms with Crippen LogP contribution in [-0.4, -0.2) is 77.3 Å². The zero-order valence-corrected chi connectivity index (χ0v) is 30.8. The highest BCUT2D eigenvalue weighted by Crippen LogP contribution is 2.61. The van der Waals surface area contributed by atoms with Gasteiger partial charge in [0.1, 0.15) is 24.1 Å². The normalized spacial score (nSPS) is 25.6. The summed E-state index contributed by atoms with van der Waals surface area (Å²) in [5, 5.41) is 35.3. The number of unbranched alkanes of at least 4 members (excludes halogenated alkanes) is 2. The summed E-state index contributed by atoms with van der Waals surface area (Å²) < 4.78 is 25.2. The first kappa shape index (κ1) is 37.5. The molecular weight excluding hydrogens is 688 g/mol. The summed E-state index contributed by atoms with van der Waals surface area (Å²) in [6.07, 6.45) is 8.84. The molecule has 54 heavy (non-hydrogen) atoms. The fraction of sp³-hybridized carbons (Fsp3) is 0.442. The van der Waals surface area contributed by atoms with Crippen molar-refractivity contribution in [3.63, 3.8) is 0 Å². The molecule has 0 aromatic heterocycles. The molecule has 3 aromatic rings. The Hall–Kier alpha value is -4.84. The molecule has 286 valence electrons. The molecule has 7 rings (SSSR count). The van der Waals surface area contributed by atoms with E-state index in [0.717, 1.165) is 42.4 Å². The molecular formula is C43H50N2O9. The average Bonchev–Trinajstić information content (AvgIpc) is 3.67. The molecule has 0 saturated heterocycles. The Morgan fingerprint density at radius 3 is 2.52 bits per heavy atom. The van der Waals surface area contributed by atoms with Crippen molar-refractivity contribution in [3.05, 3.63) is 108 Å². The van der Waals surface area contributed by atoms with Crippen LogP contribution in [0.25, 0.3) is 0 Å². The van der Waals surface area contributed by atoms with Gasteiger partial charge in [-0.2, -0.15) is 0 Å². The number of nitrogens with zero attached hydrogens (tertiary/aromatic N) is 2. The summed E-state index contributed by atoms with van der Waals surface area (Å²) in [5.74, 6) is -0.407. The fourth-order valence-electron chi connectivity index (χ4n) is 8.87. The van der Waals surface area contributed by atoms with E-state index in [1.807, 2.05) is 30.3 Å². The molecule has 1 fully saturated rings. The van der Waals surface area contributed by atoms with Gasteiger partial charge in [0, 0.05) is 43.7 Å². The number of allylic oxidation sites excluding steroid dienone is 1. The quantitative estimate of drug-likeness (QED) is 0.0830. The van der Waals surface area contributed by atoms with Crippen LogP contribution in [0.4, 0.5) is 0 Å². The first-order valence-corrected chi connectivity index (χ1v) is 19.0. The Bertz CT molecular complexity index is 1860. The predicted molar refractivity (Wildman–Crippen MR) is 203 cm³/mol. The van der Waals surface area contributed by atoms with Crippen LogP contribution in [-0.2, 0) is 16.2 Å². The van der Waals surface area contributed by atoms with Crippen molar-refractivity contribution in [1.29, 1.82) is 0 Å². The molecule has 0 spiro atoms. The van der Waals surface area contributed by atoms with Crippen LogP contribution < -0.4 is 14.2 Å². The van der Waals surface area contributed by atoms with Crippen molar-refractivity contribution in [2.45, 2.75) is 69.3 Å². The first-order chi connectivity index (χ1) is 26.4. The number of amides is 1. The summed E-state index contributed by atoms with van der Waals surface area (Å²) >= 11 is 0. The van der Waals surface area contributed by atoms with Gasteiger partial charge in [-0.1, -0.05) is 60.5 Å². The molecule has 4 aliphatic rings. The second kappa shape index (κ2) is 16.7. The molecule has 1 saturated carbocycles. The number of likely N-dealkylation sites (N-methyl/N-ethyl adjacent to an activating group) is 1. The van der Waals surface area contributed by atoms with Crippen molar-refractivity contribution in [3.8, 4) is 23.0 Å². The molecule has 11 nitrogen and oxygen atoms in total. The lowest BCUT2D eigenvalue weighted by molar-refractivity contribution is -0.252. The standard InChI is InChI=1S/C43H50N2O9/c1-3-21-52-43-39(45(2)42(49)30-15-17-37-38(23-30)51-27-50-37)25-35(44-53-26-28-11-5-4-6-12-28)33-22-29(13-7-9-19-46)32(14-8-10-20-47)40(41(33)43)34-24-31(48)16-18-36(34)54-43/h3-6,11-12,15-18,22-24,29,32,39-41,46-48H,1,7-10,13-14,19-21,25-27H2,2H3. The number of aromatic hydroxyl groups is 1. The fourth-order valence-corrected chi connectivity index (χ4v) is 8.87. The number of aliphatic hydroxyl groups is 2. The van der Waals surface area contributed by atoms with Gasteiger partial charge in [0.05, 0.1) is 18.2 Å². The van der Waals surface area contributed by atoms with Gasteiger partial charge in [-0.15, -0.1) is 6.58 Å². The Morgan fingerprint density at radius 1 is 0.981 bits per heavy atom. The van der Waals surface area contributed by atoms with Gasteiger partial charge in [0.15, 0.2) is 11.5 Å². The Morgan fingerprint density at radius 2 is 1.74 bits per heavy atom. The molecule has 0 bridgehead atoms. The van der Waals surface area contributed by atoms with Gasteiger partial charge in [0.25, 0.3) is 5.91 Å². The molecule has 2 heterocycles. The topological polar surface area (TPSA) is 140 Å². The van der Waals surface area contributed by atoms with Crippen LogP contribution in [0, 0.1) is 17.8 Å². The Labute approximate surface area is 316 Å². The number of carbonyl (C=O) groups excluding carboxylic acids is 1. The van der Waals surface area contributed by atoms with Gasteiger partial charge in [-0.25, -0.2) is 0 Å². The Kier molecular flexibility index (Phi) is 11.6. The lowest BCUT2D eigenvalue weighted by atomic mass is 9.55. The number of hydrogen-bond acceptors (Lipinski definition) is 10. The van der Waals surface area contributed by atoms with E-state index in [0.29, 0.717) is 41.4 Å². The molecule has 3 aromatic carbocycles. The smallest absolute Gasteiger partial charge is 0.254 e. The maximum atomic E-state index is 14.5. The van der Waals surface area contributed by atoms with E-state index in [2.05, 4.69) is 12.7 Å². The number of oxime groups is 1. The third-order valence-corrected chi connectivity index (χ3v) is 11.3. The number of hydrogen-bond donors (Lipinski definition) is 3. The summed E-state index contributed by atoms with van der Waals surface area (Å²) in [6, 6.07) is 19.5. The lowest BCUT2D eigenvalue weighted by Crippen LogP contribution is -2.69. The van der Waals surface area contributed by atoms with Gasteiger partial charge in [0.2, 0.25) is 12.6 Å². The van der Waals surface area contributed by atoms with Gasteiger partial charge < -0.3 is 44.0 Å². The molecule has 11 heteroatoms. The first-order valence-electron chi connectivity index (χ1n) is 19.0. The summed E-state index contributed by atoms with van der Waals surface area (Å²) in [4.78, 5) is 22.3. The second-order valence-electron chi connectivity index (χ2n) is 14.5. The predicted octanol–water partition coefficient (Wildman–Crippen LogP) is 6.73. The number of aliphatic hydroxyl groups excluding tert-OH is 2. The van der Waals surface area contributed by atoms with Gasteiger partial charge in [-0.3, -0.25) is 4.79 Å². The third kappa shape index (κ3) is 7.32. The number of benzene rings is 3. The number of phenolic OH excluding ortho intramolecular Hbond substituents is 1. The molecule has 6 atom stereocenters. The maximum Gasteiger partial charge on any atom is 0.254 e. The van der Waals surface area contributed by atoms with E-state index < -0.39 is 17.7 Å². The summed E-state index contributed by atoms with van der Waals surface area (Å²) in [7, 11) is 1.76. The molecule has 2 aliphatic carbocycles. The van der Waals surface area contributed by atoms with Crippen molar-refractivity contribution < 1.29 is 43.9 Å². The largest absolute Gasteiger partial charge is 0.508 e. The highest BCUT2D eigenvalue weighted by Gasteiger charge is 2.65. The van der Waals surface area contributed by atoms with Crippen LogP contribution in [0.1, 0.15) is 72.3 Å². The SMILES string of the molecule is C=CCOC12Oc3ccc(O)cc3C3C(CCCCO)C(CCCCO)C=C(C(=NOCc4ccccc4)CC1N(C)C(=O)c1ccc4c(c1)OCO4)C32. The zero-order valence-electron chi connectivity index (χ0n) is 30.8.